The summed E-state index contributed by atoms with van der Waals surface area (Å²) in [6.45, 7) is 6.29. The minimum Gasteiger partial charge on any atom is -0.465 e. The summed E-state index contributed by atoms with van der Waals surface area (Å²) in [5.74, 6) is -1.63. The Bertz CT molecular complexity index is 831. The molecule has 9 nitrogen and oxygen atoms in total. The second kappa shape index (κ2) is 7.75. The van der Waals surface area contributed by atoms with E-state index in [1.54, 1.807) is 20.8 Å². The number of carbonyl (C=O) groups is 3. The van der Waals surface area contributed by atoms with Gasteiger partial charge < -0.3 is 5.11 Å². The molecule has 1 atom stereocenters. The molecule has 2 rings (SSSR count). The van der Waals surface area contributed by atoms with Crippen LogP contribution in [-0.4, -0.2) is 55.4 Å². The smallest absolute Gasteiger partial charge is 0.408 e. The van der Waals surface area contributed by atoms with Gasteiger partial charge in [-0.15, -0.1) is 0 Å². The van der Waals surface area contributed by atoms with E-state index >= 15 is 0 Å². The van der Waals surface area contributed by atoms with E-state index in [2.05, 4.69) is 0 Å². The van der Waals surface area contributed by atoms with Crippen molar-refractivity contribution in [2.45, 2.75) is 58.2 Å². The molecule has 3 amide bonds. The van der Waals surface area contributed by atoms with Crippen molar-refractivity contribution < 1.29 is 24.4 Å². The van der Waals surface area contributed by atoms with Crippen LogP contribution in [0.1, 0.15) is 50.9 Å². The van der Waals surface area contributed by atoms with Gasteiger partial charge in [-0.3, -0.25) is 29.5 Å². The molecule has 1 fully saturated rings. The average molecular weight is 412 g/mol. The molecule has 0 aromatic heterocycles. The van der Waals surface area contributed by atoms with Crippen LogP contribution in [0.4, 0.5) is 10.5 Å². The number of rotatable bonds is 5. The summed E-state index contributed by atoms with van der Waals surface area (Å²) in [7, 11) is 0. The summed E-state index contributed by atoms with van der Waals surface area (Å²) in [6, 6.07) is 2.21. The number of benzene rings is 1. The average Bonchev–Trinajstić information content (AvgIpc) is 3.37. The van der Waals surface area contributed by atoms with Gasteiger partial charge in [0.25, 0.3) is 17.5 Å². The van der Waals surface area contributed by atoms with Crippen LogP contribution in [0.3, 0.4) is 0 Å². The molecule has 1 aromatic rings. The zero-order valence-corrected chi connectivity index (χ0v) is 16.8. The van der Waals surface area contributed by atoms with Crippen molar-refractivity contribution in [3.05, 3.63) is 38.9 Å². The summed E-state index contributed by atoms with van der Waals surface area (Å²) in [5.41, 5.74) is -1.77. The van der Waals surface area contributed by atoms with Crippen molar-refractivity contribution >= 4 is 35.2 Å². The number of nitro benzene ring substituents is 1. The molecule has 1 aliphatic carbocycles. The van der Waals surface area contributed by atoms with E-state index in [1.807, 2.05) is 0 Å². The maximum Gasteiger partial charge on any atom is 0.408 e. The summed E-state index contributed by atoms with van der Waals surface area (Å²) >= 11 is 6.04. The maximum atomic E-state index is 13.1. The highest BCUT2D eigenvalue weighted by molar-refractivity contribution is 6.35. The molecule has 0 saturated heterocycles. The van der Waals surface area contributed by atoms with Crippen molar-refractivity contribution in [3.63, 3.8) is 0 Å². The molecular weight excluding hydrogens is 390 g/mol. The summed E-state index contributed by atoms with van der Waals surface area (Å²) in [5, 5.41) is 20.7. The second-order valence-corrected chi connectivity index (χ2v) is 8.04. The Labute approximate surface area is 167 Å². The first-order chi connectivity index (χ1) is 12.9. The standard InChI is InChI=1S/C18H22ClN3O6/c1-10(21(17(25)26)18(2,3)4)15(23)20(11-8-9-11)16(24)14-12(19)6-5-7-13(14)22(27)28/h5-7,10-11H,8-9H2,1-4H3,(H,25,26)/t10-/m0/s1. The van der Waals surface area contributed by atoms with Crippen LogP contribution >= 0.6 is 11.6 Å². The third-order valence-electron chi connectivity index (χ3n) is 4.44. The van der Waals surface area contributed by atoms with Crippen molar-refractivity contribution in [1.29, 1.82) is 0 Å². The van der Waals surface area contributed by atoms with Gasteiger partial charge in [-0.25, -0.2) is 4.79 Å². The summed E-state index contributed by atoms with van der Waals surface area (Å²) in [6.07, 6.45) is -0.212. The Kier molecular flexibility index (Phi) is 5.98. The first-order valence-corrected chi connectivity index (χ1v) is 9.08. The molecule has 0 unspecified atom stereocenters. The molecule has 1 aliphatic rings. The number of imide groups is 1. The predicted molar refractivity (Wildman–Crippen MR) is 101 cm³/mol. The van der Waals surface area contributed by atoms with E-state index in [4.69, 9.17) is 11.6 Å². The first kappa shape index (κ1) is 21.6. The van der Waals surface area contributed by atoms with Gasteiger partial charge in [-0.2, -0.15) is 0 Å². The Morgan fingerprint density at radius 3 is 2.29 bits per heavy atom. The lowest BCUT2D eigenvalue weighted by molar-refractivity contribution is -0.385. The molecule has 0 spiro atoms. The molecule has 1 N–H and O–H groups in total. The van der Waals surface area contributed by atoms with Gasteiger partial charge in [0.1, 0.15) is 11.6 Å². The number of carbonyl (C=O) groups excluding carboxylic acids is 2. The fourth-order valence-electron chi connectivity index (χ4n) is 3.12. The van der Waals surface area contributed by atoms with Gasteiger partial charge in [0.2, 0.25) is 0 Å². The predicted octanol–water partition coefficient (Wildman–Crippen LogP) is 3.55. The normalized spacial score (nSPS) is 14.9. The van der Waals surface area contributed by atoms with Crippen LogP contribution in [-0.2, 0) is 4.79 Å². The van der Waals surface area contributed by atoms with E-state index in [1.165, 1.54) is 19.1 Å². The van der Waals surface area contributed by atoms with E-state index in [0.29, 0.717) is 12.8 Å². The number of hydrogen-bond donors (Lipinski definition) is 1. The lowest BCUT2D eigenvalue weighted by Gasteiger charge is -2.38. The second-order valence-electron chi connectivity index (χ2n) is 7.64. The third kappa shape index (κ3) is 4.24. The fourth-order valence-corrected chi connectivity index (χ4v) is 3.37. The number of amides is 3. The van der Waals surface area contributed by atoms with Gasteiger partial charge in [0.15, 0.2) is 0 Å². The zero-order chi connectivity index (χ0) is 21.4. The molecule has 0 radical (unpaired) electrons. The molecule has 10 heteroatoms. The molecule has 28 heavy (non-hydrogen) atoms. The number of carboxylic acid groups (broad SMARTS) is 1. The molecule has 1 aromatic carbocycles. The van der Waals surface area contributed by atoms with Gasteiger partial charge in [0, 0.05) is 17.6 Å². The Balaban J connectivity index is 2.47. The first-order valence-electron chi connectivity index (χ1n) is 8.70. The quantitative estimate of drug-likeness (QED) is 0.584. The molecule has 0 heterocycles. The monoisotopic (exact) mass is 411 g/mol. The van der Waals surface area contributed by atoms with E-state index in [-0.39, 0.29) is 10.6 Å². The molecule has 0 bridgehead atoms. The largest absolute Gasteiger partial charge is 0.465 e. The van der Waals surface area contributed by atoms with Crippen molar-refractivity contribution in [3.8, 4) is 0 Å². The van der Waals surface area contributed by atoms with Crippen molar-refractivity contribution in [2.24, 2.45) is 0 Å². The van der Waals surface area contributed by atoms with Gasteiger partial charge >= 0.3 is 6.09 Å². The Morgan fingerprint density at radius 2 is 1.86 bits per heavy atom. The van der Waals surface area contributed by atoms with Crippen LogP contribution in [0.15, 0.2) is 18.2 Å². The molecule has 152 valence electrons. The van der Waals surface area contributed by atoms with Crippen molar-refractivity contribution in [1.82, 2.24) is 9.80 Å². The third-order valence-corrected chi connectivity index (χ3v) is 4.76. The Hall–Kier alpha value is -2.68. The van der Waals surface area contributed by atoms with E-state index in [0.717, 1.165) is 15.9 Å². The minimum atomic E-state index is -1.31. The highest BCUT2D eigenvalue weighted by Gasteiger charge is 2.45. The van der Waals surface area contributed by atoms with Crippen LogP contribution < -0.4 is 0 Å². The van der Waals surface area contributed by atoms with Crippen LogP contribution in [0.5, 0.6) is 0 Å². The van der Waals surface area contributed by atoms with Gasteiger partial charge in [0.05, 0.1) is 9.95 Å². The highest BCUT2D eigenvalue weighted by Crippen LogP contribution is 2.34. The summed E-state index contributed by atoms with van der Waals surface area (Å²) in [4.78, 5) is 50.4. The van der Waals surface area contributed by atoms with Crippen LogP contribution in [0.25, 0.3) is 0 Å². The zero-order valence-electron chi connectivity index (χ0n) is 16.0. The minimum absolute atomic E-state index is 0.142. The van der Waals surface area contributed by atoms with Crippen LogP contribution in [0, 0.1) is 10.1 Å². The maximum absolute atomic E-state index is 13.1. The lowest BCUT2D eigenvalue weighted by atomic mass is 10.0. The summed E-state index contributed by atoms with van der Waals surface area (Å²) < 4.78 is 0. The number of hydrogen-bond acceptors (Lipinski definition) is 5. The fraction of sp³-hybridized carbons (Fsp3) is 0.500. The topological polar surface area (TPSA) is 121 Å². The molecular formula is C18H22ClN3O6. The van der Waals surface area contributed by atoms with Gasteiger partial charge in [-0.1, -0.05) is 17.7 Å². The number of nitro groups is 1. The SMILES string of the molecule is C[C@@H](C(=O)N(C(=O)c1c(Cl)cccc1[N+](=O)[O-])C1CC1)N(C(=O)O)C(C)(C)C. The lowest BCUT2D eigenvalue weighted by Crippen LogP contribution is -2.57. The molecule has 1 saturated carbocycles. The van der Waals surface area contributed by atoms with Gasteiger partial charge in [-0.05, 0) is 46.6 Å². The Morgan fingerprint density at radius 1 is 1.29 bits per heavy atom. The number of halogens is 1. The number of nitrogens with zero attached hydrogens (tertiary/aromatic N) is 3. The van der Waals surface area contributed by atoms with Crippen LogP contribution in [0.2, 0.25) is 5.02 Å². The van der Waals surface area contributed by atoms with E-state index in [9.17, 15) is 29.6 Å². The highest BCUT2D eigenvalue weighted by atomic mass is 35.5. The molecule has 0 aliphatic heterocycles. The van der Waals surface area contributed by atoms with Crippen molar-refractivity contribution in [2.75, 3.05) is 0 Å². The van der Waals surface area contributed by atoms with E-state index < -0.39 is 46.1 Å².